The maximum atomic E-state index is 5.30. The fourth-order valence-electron chi connectivity index (χ4n) is 0.627. The molecule has 0 bridgehead atoms. The zero-order valence-corrected chi connectivity index (χ0v) is 5.39. The highest BCUT2D eigenvalue weighted by atomic mass is 15.2. The van der Waals surface area contributed by atoms with Gasteiger partial charge >= 0.3 is 0 Å². The Balaban J connectivity index is 2.53. The van der Waals surface area contributed by atoms with Crippen LogP contribution in [0.2, 0.25) is 0 Å². The molecule has 4 nitrogen and oxygen atoms in total. The van der Waals surface area contributed by atoms with Gasteiger partial charge in [0.2, 0.25) is 5.96 Å². The van der Waals surface area contributed by atoms with Crippen LogP contribution in [0.25, 0.3) is 0 Å². The first-order chi connectivity index (χ1) is 4.29. The molecule has 0 atom stereocenters. The highest BCUT2D eigenvalue weighted by Gasteiger charge is 2.00. The molecule has 0 aromatic carbocycles. The van der Waals surface area contributed by atoms with Crippen LogP contribution in [0.3, 0.4) is 0 Å². The predicted octanol–water partition coefficient (Wildman–Crippen LogP) is -0.677. The molecule has 0 saturated carbocycles. The van der Waals surface area contributed by atoms with E-state index < -0.39 is 0 Å². The van der Waals surface area contributed by atoms with Crippen LogP contribution in [0, 0.1) is 0 Å². The van der Waals surface area contributed by atoms with E-state index in [9.17, 15) is 0 Å². The van der Waals surface area contributed by atoms with Crippen LogP contribution in [0.5, 0.6) is 0 Å². The van der Waals surface area contributed by atoms with Crippen LogP contribution >= 0.6 is 0 Å². The third-order valence-corrected chi connectivity index (χ3v) is 0.939. The van der Waals surface area contributed by atoms with Gasteiger partial charge in [-0.1, -0.05) is 0 Å². The quantitative estimate of drug-likeness (QED) is 0.334. The molecule has 0 amide bonds. The Morgan fingerprint density at radius 1 is 1.89 bits per heavy atom. The van der Waals surface area contributed by atoms with E-state index in [2.05, 4.69) is 15.3 Å². The van der Waals surface area contributed by atoms with E-state index >= 15 is 0 Å². The van der Waals surface area contributed by atoms with Crippen LogP contribution in [0.1, 0.15) is 6.92 Å². The van der Waals surface area contributed by atoms with Crippen molar-refractivity contribution in [2.24, 2.45) is 15.7 Å². The minimum Gasteiger partial charge on any atom is -0.387 e. The van der Waals surface area contributed by atoms with Crippen LogP contribution < -0.4 is 11.1 Å². The standard InChI is InChI=1S/C5H10N4/c1-4(6)9-5-7-2-3-8-5/h2-3H2,1H3,(H3,6,7,8,9). The van der Waals surface area contributed by atoms with Crippen molar-refractivity contribution < 1.29 is 0 Å². The van der Waals surface area contributed by atoms with E-state index in [0.29, 0.717) is 11.8 Å². The van der Waals surface area contributed by atoms with Gasteiger partial charge in [-0.3, -0.25) is 0 Å². The van der Waals surface area contributed by atoms with Crippen molar-refractivity contribution in [2.75, 3.05) is 13.1 Å². The van der Waals surface area contributed by atoms with Gasteiger partial charge in [0.05, 0.1) is 12.4 Å². The molecular weight excluding hydrogens is 116 g/mol. The van der Waals surface area contributed by atoms with Gasteiger partial charge in [-0.15, -0.1) is 0 Å². The zero-order chi connectivity index (χ0) is 6.69. The predicted molar refractivity (Wildman–Crippen MR) is 37.6 cm³/mol. The topological polar surface area (TPSA) is 62.8 Å². The highest BCUT2D eigenvalue weighted by Crippen LogP contribution is 1.85. The largest absolute Gasteiger partial charge is 0.387 e. The van der Waals surface area contributed by atoms with Crippen LogP contribution in [0.15, 0.2) is 9.98 Å². The van der Waals surface area contributed by atoms with Crippen LogP contribution in [-0.2, 0) is 0 Å². The van der Waals surface area contributed by atoms with Crippen LogP contribution in [-0.4, -0.2) is 24.9 Å². The SMILES string of the molecule is CC(N)=NC1=NCCN1. The normalized spacial score (nSPS) is 19.2. The summed E-state index contributed by atoms with van der Waals surface area (Å²) in [5, 5.41) is 2.97. The van der Waals surface area contributed by atoms with Crippen molar-refractivity contribution in [3.8, 4) is 0 Å². The molecule has 4 heteroatoms. The first-order valence-corrected chi connectivity index (χ1v) is 2.88. The number of rotatable bonds is 0. The van der Waals surface area contributed by atoms with Gasteiger partial charge in [0.1, 0.15) is 0 Å². The maximum absolute atomic E-state index is 5.30. The Morgan fingerprint density at radius 2 is 2.67 bits per heavy atom. The molecule has 1 rings (SSSR count). The zero-order valence-electron chi connectivity index (χ0n) is 5.39. The monoisotopic (exact) mass is 126 g/mol. The molecule has 0 radical (unpaired) electrons. The lowest BCUT2D eigenvalue weighted by Crippen LogP contribution is -2.19. The Bertz CT molecular complexity index is 154. The number of guanidine groups is 1. The number of nitrogens with two attached hydrogens (primary N) is 1. The van der Waals surface area contributed by atoms with E-state index in [4.69, 9.17) is 5.73 Å². The average Bonchev–Trinajstić information content (AvgIpc) is 2.15. The number of nitrogens with zero attached hydrogens (tertiary/aromatic N) is 2. The second-order valence-corrected chi connectivity index (χ2v) is 1.89. The molecule has 0 unspecified atom stereocenters. The van der Waals surface area contributed by atoms with E-state index in [1.54, 1.807) is 6.92 Å². The van der Waals surface area contributed by atoms with Gasteiger partial charge in [0, 0.05) is 6.54 Å². The highest BCUT2D eigenvalue weighted by molar-refractivity contribution is 5.94. The molecule has 9 heavy (non-hydrogen) atoms. The summed E-state index contributed by atoms with van der Waals surface area (Å²) >= 11 is 0. The first-order valence-electron chi connectivity index (χ1n) is 2.88. The number of hydrogen-bond acceptors (Lipinski definition) is 3. The molecule has 0 fully saturated rings. The van der Waals surface area contributed by atoms with Gasteiger partial charge in [-0.25, -0.2) is 9.98 Å². The fraction of sp³-hybridized carbons (Fsp3) is 0.600. The number of nitrogens with one attached hydrogen (secondary N) is 1. The van der Waals surface area contributed by atoms with Gasteiger partial charge in [0.25, 0.3) is 0 Å². The first kappa shape index (κ1) is 6.07. The lowest BCUT2D eigenvalue weighted by molar-refractivity contribution is 0.957. The number of aliphatic imine (C=N–C) groups is 2. The van der Waals surface area contributed by atoms with Gasteiger partial charge in [0.15, 0.2) is 0 Å². The van der Waals surface area contributed by atoms with Crippen molar-refractivity contribution in [3.05, 3.63) is 0 Å². The summed E-state index contributed by atoms with van der Waals surface area (Å²) in [5.74, 6) is 1.21. The number of amidine groups is 1. The summed E-state index contributed by atoms with van der Waals surface area (Å²) in [4.78, 5) is 7.92. The smallest absolute Gasteiger partial charge is 0.219 e. The van der Waals surface area contributed by atoms with E-state index in [-0.39, 0.29) is 0 Å². The summed E-state index contributed by atoms with van der Waals surface area (Å²) in [5.41, 5.74) is 5.30. The molecule has 0 aliphatic carbocycles. The second-order valence-electron chi connectivity index (χ2n) is 1.89. The van der Waals surface area contributed by atoms with Crippen molar-refractivity contribution in [2.45, 2.75) is 6.92 Å². The molecule has 0 saturated heterocycles. The van der Waals surface area contributed by atoms with Gasteiger partial charge in [-0.2, -0.15) is 0 Å². The summed E-state index contributed by atoms with van der Waals surface area (Å²) in [7, 11) is 0. The van der Waals surface area contributed by atoms with E-state index in [1.807, 2.05) is 0 Å². The minimum absolute atomic E-state index is 0.545. The Labute approximate surface area is 53.9 Å². The Morgan fingerprint density at radius 3 is 3.11 bits per heavy atom. The fourth-order valence-corrected chi connectivity index (χ4v) is 0.627. The second kappa shape index (κ2) is 2.48. The van der Waals surface area contributed by atoms with Gasteiger partial charge in [-0.05, 0) is 6.92 Å². The van der Waals surface area contributed by atoms with E-state index in [0.717, 1.165) is 13.1 Å². The van der Waals surface area contributed by atoms with Crippen molar-refractivity contribution >= 4 is 11.8 Å². The molecule has 1 aliphatic heterocycles. The summed E-state index contributed by atoms with van der Waals surface area (Å²) < 4.78 is 0. The summed E-state index contributed by atoms with van der Waals surface area (Å²) in [6, 6.07) is 0. The Kier molecular flexibility index (Phi) is 1.67. The molecule has 3 N–H and O–H groups in total. The van der Waals surface area contributed by atoms with E-state index in [1.165, 1.54) is 0 Å². The summed E-state index contributed by atoms with van der Waals surface area (Å²) in [6.07, 6.45) is 0. The van der Waals surface area contributed by atoms with Crippen molar-refractivity contribution in [1.29, 1.82) is 0 Å². The van der Waals surface area contributed by atoms with Crippen molar-refractivity contribution in [3.63, 3.8) is 0 Å². The van der Waals surface area contributed by atoms with Crippen molar-refractivity contribution in [1.82, 2.24) is 5.32 Å². The third-order valence-electron chi connectivity index (χ3n) is 0.939. The van der Waals surface area contributed by atoms with Gasteiger partial charge < -0.3 is 11.1 Å². The lowest BCUT2D eigenvalue weighted by atomic mass is 10.7. The maximum Gasteiger partial charge on any atom is 0.219 e. The molecule has 0 aromatic heterocycles. The lowest BCUT2D eigenvalue weighted by Gasteiger charge is -1.92. The Hall–Kier alpha value is -1.06. The number of hydrogen-bond donors (Lipinski definition) is 2. The minimum atomic E-state index is 0.545. The molecule has 1 aliphatic rings. The molecule has 0 spiro atoms. The molecular formula is C5H10N4. The average molecular weight is 126 g/mol. The molecule has 0 aromatic rings. The molecule has 50 valence electrons. The third kappa shape index (κ3) is 1.71. The summed E-state index contributed by atoms with van der Waals surface area (Å²) in [6.45, 7) is 3.43. The molecule has 1 heterocycles. The van der Waals surface area contributed by atoms with Crippen LogP contribution in [0.4, 0.5) is 0 Å².